The van der Waals surface area contributed by atoms with Crippen molar-refractivity contribution in [2.24, 2.45) is 5.92 Å². The van der Waals surface area contributed by atoms with Crippen molar-refractivity contribution in [3.8, 4) is 0 Å². The summed E-state index contributed by atoms with van der Waals surface area (Å²) in [7, 11) is 0. The SMILES string of the molecule is CC(Nc1ncc(C(F)(F)F)cc1Cl)(C(=O)O)C1CC1. The number of aromatic nitrogens is 1. The minimum Gasteiger partial charge on any atom is -0.480 e. The predicted molar refractivity (Wildman–Crippen MR) is 66.6 cm³/mol. The summed E-state index contributed by atoms with van der Waals surface area (Å²) in [4.78, 5) is 14.9. The minimum atomic E-state index is -4.54. The zero-order valence-corrected chi connectivity index (χ0v) is 11.2. The maximum Gasteiger partial charge on any atom is 0.417 e. The molecule has 2 N–H and O–H groups in total. The lowest BCUT2D eigenvalue weighted by molar-refractivity contribution is -0.142. The van der Waals surface area contributed by atoms with E-state index in [9.17, 15) is 23.1 Å². The van der Waals surface area contributed by atoms with Gasteiger partial charge in [-0.1, -0.05) is 11.6 Å². The van der Waals surface area contributed by atoms with Crippen molar-refractivity contribution >= 4 is 23.4 Å². The monoisotopic (exact) mass is 308 g/mol. The van der Waals surface area contributed by atoms with Gasteiger partial charge in [-0.05, 0) is 31.7 Å². The summed E-state index contributed by atoms with van der Waals surface area (Å²) in [5.74, 6) is -1.23. The molecule has 0 saturated heterocycles. The van der Waals surface area contributed by atoms with E-state index in [1.807, 2.05) is 0 Å². The Bertz CT molecular complexity index is 546. The van der Waals surface area contributed by atoms with Crippen LogP contribution in [0.4, 0.5) is 19.0 Å². The molecule has 1 aliphatic rings. The Balaban J connectivity index is 2.28. The Labute approximate surface area is 118 Å². The van der Waals surface area contributed by atoms with Gasteiger partial charge in [-0.2, -0.15) is 13.2 Å². The highest BCUT2D eigenvalue weighted by Crippen LogP contribution is 2.42. The molecule has 20 heavy (non-hydrogen) atoms. The van der Waals surface area contributed by atoms with Gasteiger partial charge in [0.2, 0.25) is 0 Å². The summed E-state index contributed by atoms with van der Waals surface area (Å²) in [6, 6.07) is 0.728. The number of nitrogens with one attached hydrogen (secondary N) is 1. The van der Waals surface area contributed by atoms with Gasteiger partial charge in [0.15, 0.2) is 0 Å². The van der Waals surface area contributed by atoms with Gasteiger partial charge >= 0.3 is 12.1 Å². The highest BCUT2D eigenvalue weighted by atomic mass is 35.5. The largest absolute Gasteiger partial charge is 0.480 e. The Morgan fingerprint density at radius 1 is 1.50 bits per heavy atom. The molecular formula is C12H12ClF3N2O2. The van der Waals surface area contributed by atoms with Crippen molar-refractivity contribution in [3.05, 3.63) is 22.8 Å². The molecule has 2 rings (SSSR count). The molecule has 4 nitrogen and oxygen atoms in total. The molecule has 110 valence electrons. The average Bonchev–Trinajstić information content (AvgIpc) is 3.14. The second-order valence-electron chi connectivity index (χ2n) is 4.96. The van der Waals surface area contributed by atoms with Gasteiger partial charge in [0.05, 0.1) is 10.6 Å². The van der Waals surface area contributed by atoms with Gasteiger partial charge in [-0.15, -0.1) is 0 Å². The van der Waals surface area contributed by atoms with Crippen LogP contribution in [-0.4, -0.2) is 21.6 Å². The number of pyridine rings is 1. The number of carboxylic acids is 1. The predicted octanol–water partition coefficient (Wildman–Crippen LogP) is 3.42. The number of aliphatic carboxylic acids is 1. The van der Waals surface area contributed by atoms with Crippen LogP contribution in [0.2, 0.25) is 5.02 Å². The summed E-state index contributed by atoms with van der Waals surface area (Å²) in [5.41, 5.74) is -2.26. The number of carbonyl (C=O) groups is 1. The van der Waals surface area contributed by atoms with Crippen LogP contribution in [0.15, 0.2) is 12.3 Å². The van der Waals surface area contributed by atoms with Crippen molar-refractivity contribution in [1.82, 2.24) is 4.98 Å². The summed E-state index contributed by atoms with van der Waals surface area (Å²) < 4.78 is 37.5. The molecular weight excluding hydrogens is 297 g/mol. The van der Waals surface area contributed by atoms with E-state index in [0.29, 0.717) is 6.20 Å². The molecule has 0 spiro atoms. The molecule has 8 heteroatoms. The van der Waals surface area contributed by atoms with Crippen LogP contribution >= 0.6 is 11.6 Å². The van der Waals surface area contributed by atoms with Crippen molar-refractivity contribution in [2.75, 3.05) is 5.32 Å². The topological polar surface area (TPSA) is 62.2 Å². The third kappa shape index (κ3) is 2.82. The fraction of sp³-hybridized carbons (Fsp3) is 0.500. The van der Waals surface area contributed by atoms with E-state index in [0.717, 1.165) is 18.9 Å². The fourth-order valence-electron chi connectivity index (χ4n) is 1.92. The molecule has 1 aliphatic carbocycles. The molecule has 1 heterocycles. The van der Waals surface area contributed by atoms with Crippen LogP contribution < -0.4 is 5.32 Å². The first-order chi connectivity index (χ1) is 9.14. The molecule has 1 saturated carbocycles. The molecule has 1 aromatic rings. The summed E-state index contributed by atoms with van der Waals surface area (Å²) >= 11 is 5.75. The zero-order chi connectivity index (χ0) is 15.1. The summed E-state index contributed by atoms with van der Waals surface area (Å²) in [6.07, 6.45) is -2.42. The van der Waals surface area contributed by atoms with E-state index in [1.54, 1.807) is 0 Å². The van der Waals surface area contributed by atoms with E-state index in [1.165, 1.54) is 6.92 Å². The standard InChI is InChI=1S/C12H12ClF3N2O2/c1-11(10(19)20,6-2-3-6)18-9-8(13)4-7(5-17-9)12(14,15)16/h4-6H,2-3H2,1H3,(H,17,18)(H,19,20). The molecule has 1 fully saturated rings. The lowest BCUT2D eigenvalue weighted by atomic mass is 9.96. The number of halogens is 4. The Kier molecular flexibility index (Phi) is 3.58. The van der Waals surface area contributed by atoms with Crippen molar-refractivity contribution in [3.63, 3.8) is 0 Å². The Hall–Kier alpha value is -1.50. The average molecular weight is 309 g/mol. The quantitative estimate of drug-likeness (QED) is 0.894. The lowest BCUT2D eigenvalue weighted by Gasteiger charge is -2.27. The Morgan fingerprint density at radius 2 is 2.10 bits per heavy atom. The molecule has 0 aliphatic heterocycles. The van der Waals surface area contributed by atoms with Gasteiger partial charge in [-0.3, -0.25) is 0 Å². The number of hydrogen-bond donors (Lipinski definition) is 2. The first-order valence-electron chi connectivity index (χ1n) is 5.89. The van der Waals surface area contributed by atoms with Gasteiger partial charge < -0.3 is 10.4 Å². The van der Waals surface area contributed by atoms with E-state index in [-0.39, 0.29) is 16.8 Å². The van der Waals surface area contributed by atoms with Crippen LogP contribution in [0.3, 0.4) is 0 Å². The molecule has 0 aromatic carbocycles. The molecule has 1 atom stereocenters. The van der Waals surface area contributed by atoms with Gasteiger partial charge in [-0.25, -0.2) is 9.78 Å². The summed E-state index contributed by atoms with van der Waals surface area (Å²) in [5, 5.41) is 11.7. The Morgan fingerprint density at radius 3 is 2.50 bits per heavy atom. The maximum atomic E-state index is 12.5. The molecule has 0 radical (unpaired) electrons. The van der Waals surface area contributed by atoms with Gasteiger partial charge in [0, 0.05) is 6.20 Å². The fourth-order valence-corrected chi connectivity index (χ4v) is 2.14. The second-order valence-corrected chi connectivity index (χ2v) is 5.37. The lowest BCUT2D eigenvalue weighted by Crippen LogP contribution is -2.45. The van der Waals surface area contributed by atoms with Crippen LogP contribution in [0.5, 0.6) is 0 Å². The highest BCUT2D eigenvalue weighted by molar-refractivity contribution is 6.33. The van der Waals surface area contributed by atoms with Crippen molar-refractivity contribution in [2.45, 2.75) is 31.5 Å². The van der Waals surface area contributed by atoms with Crippen LogP contribution in [0, 0.1) is 5.92 Å². The van der Waals surface area contributed by atoms with Gasteiger partial charge in [0.1, 0.15) is 11.4 Å². The number of nitrogens with zero attached hydrogens (tertiary/aromatic N) is 1. The third-order valence-electron chi connectivity index (χ3n) is 3.38. The highest BCUT2D eigenvalue weighted by Gasteiger charge is 2.48. The number of anilines is 1. The second kappa shape index (κ2) is 4.80. The normalized spacial score (nSPS) is 18.4. The van der Waals surface area contributed by atoms with Gasteiger partial charge in [0.25, 0.3) is 0 Å². The smallest absolute Gasteiger partial charge is 0.417 e. The van der Waals surface area contributed by atoms with Crippen LogP contribution in [0.1, 0.15) is 25.3 Å². The molecule has 1 unspecified atom stereocenters. The number of rotatable bonds is 4. The van der Waals surface area contributed by atoms with Crippen molar-refractivity contribution < 1.29 is 23.1 Å². The van der Waals surface area contributed by atoms with Crippen LogP contribution in [-0.2, 0) is 11.0 Å². The minimum absolute atomic E-state index is 0.0588. The van der Waals surface area contributed by atoms with E-state index >= 15 is 0 Å². The van der Waals surface area contributed by atoms with Crippen molar-refractivity contribution in [1.29, 1.82) is 0 Å². The molecule has 1 aromatic heterocycles. The van der Waals surface area contributed by atoms with E-state index in [2.05, 4.69) is 10.3 Å². The first kappa shape index (κ1) is 14.9. The molecule has 0 bridgehead atoms. The number of hydrogen-bond acceptors (Lipinski definition) is 3. The maximum absolute atomic E-state index is 12.5. The molecule has 0 amide bonds. The third-order valence-corrected chi connectivity index (χ3v) is 3.67. The van der Waals surface area contributed by atoms with Crippen LogP contribution in [0.25, 0.3) is 0 Å². The number of carboxylic acid groups (broad SMARTS) is 1. The first-order valence-corrected chi connectivity index (χ1v) is 6.26. The zero-order valence-electron chi connectivity index (χ0n) is 10.5. The van der Waals surface area contributed by atoms with E-state index in [4.69, 9.17) is 11.6 Å². The van der Waals surface area contributed by atoms with E-state index < -0.39 is 23.2 Å². The number of alkyl halides is 3. The summed E-state index contributed by atoms with van der Waals surface area (Å²) in [6.45, 7) is 1.47.